The van der Waals surface area contributed by atoms with E-state index >= 15 is 0 Å². The zero-order valence-corrected chi connectivity index (χ0v) is 12.3. The third kappa shape index (κ3) is 1.61. The maximum absolute atomic E-state index is 12.7. The van der Waals surface area contributed by atoms with Gasteiger partial charge >= 0.3 is 0 Å². The fraction of sp³-hybridized carbons (Fsp3) is 0.188. The molecule has 4 nitrogen and oxygen atoms in total. The van der Waals surface area contributed by atoms with Crippen molar-refractivity contribution in [3.05, 3.63) is 60.2 Å². The number of benzene rings is 2. The summed E-state index contributed by atoms with van der Waals surface area (Å²) in [6.45, 7) is 1.80. The number of para-hydroxylation sites is 1. The molecule has 0 spiro atoms. The Kier molecular flexibility index (Phi) is 2.50. The average molecular weight is 298 g/mol. The van der Waals surface area contributed by atoms with Crippen molar-refractivity contribution < 1.29 is 8.42 Å². The zero-order chi connectivity index (χ0) is 14.6. The van der Waals surface area contributed by atoms with E-state index in [0.717, 1.165) is 11.3 Å². The molecule has 0 fully saturated rings. The first kappa shape index (κ1) is 12.6. The van der Waals surface area contributed by atoms with Gasteiger partial charge in [-0.1, -0.05) is 36.4 Å². The number of nitrogens with zero attached hydrogens (tertiary/aromatic N) is 2. The van der Waals surface area contributed by atoms with Crippen molar-refractivity contribution in [2.75, 3.05) is 5.01 Å². The predicted octanol–water partition coefficient (Wildman–Crippen LogP) is 2.78. The van der Waals surface area contributed by atoms with Gasteiger partial charge in [0, 0.05) is 0 Å². The molecular weight excluding hydrogens is 284 g/mol. The molecule has 0 amide bonds. The number of hydrogen-bond acceptors (Lipinski definition) is 4. The molecule has 0 saturated heterocycles. The zero-order valence-electron chi connectivity index (χ0n) is 11.5. The molecule has 0 radical (unpaired) electrons. The quantitative estimate of drug-likeness (QED) is 0.813. The van der Waals surface area contributed by atoms with E-state index in [9.17, 15) is 8.42 Å². The lowest BCUT2D eigenvalue weighted by Crippen LogP contribution is -2.29. The van der Waals surface area contributed by atoms with Crippen molar-refractivity contribution >= 4 is 21.2 Å². The molecule has 2 unspecified atom stereocenters. The number of fused-ring (bicyclic) bond motifs is 3. The molecule has 5 heteroatoms. The normalized spacial score (nSPS) is 25.4. The summed E-state index contributed by atoms with van der Waals surface area (Å²) in [5.41, 5.74) is 2.41. The predicted molar refractivity (Wildman–Crippen MR) is 82.2 cm³/mol. The molecular formula is C16H14N2O2S. The van der Waals surface area contributed by atoms with E-state index in [1.165, 1.54) is 0 Å². The molecule has 2 aromatic carbocycles. The van der Waals surface area contributed by atoms with Crippen molar-refractivity contribution in [1.29, 1.82) is 0 Å². The van der Waals surface area contributed by atoms with Crippen LogP contribution in [0.2, 0.25) is 0 Å². The Hall–Kier alpha value is -2.14. The van der Waals surface area contributed by atoms with Gasteiger partial charge in [0.25, 0.3) is 0 Å². The lowest BCUT2D eigenvalue weighted by atomic mass is 10.0. The summed E-state index contributed by atoms with van der Waals surface area (Å²) in [5, 5.41) is 5.77. The number of rotatable bonds is 1. The summed E-state index contributed by atoms with van der Waals surface area (Å²) in [6, 6.07) is 16.7. The minimum absolute atomic E-state index is 0.256. The Balaban J connectivity index is 1.94. The first-order valence-corrected chi connectivity index (χ1v) is 8.37. The van der Waals surface area contributed by atoms with Gasteiger partial charge in [0.05, 0.1) is 16.3 Å². The lowest BCUT2D eigenvalue weighted by molar-refractivity contribution is 0.591. The number of hydrogen-bond donors (Lipinski definition) is 0. The van der Waals surface area contributed by atoms with Crippen molar-refractivity contribution in [3.8, 4) is 0 Å². The van der Waals surface area contributed by atoms with Gasteiger partial charge in [-0.25, -0.2) is 8.42 Å². The lowest BCUT2D eigenvalue weighted by Gasteiger charge is -2.23. The smallest absolute Gasteiger partial charge is 0.189 e. The third-order valence-electron chi connectivity index (χ3n) is 4.13. The highest BCUT2D eigenvalue weighted by Gasteiger charge is 2.52. The second-order valence-electron chi connectivity index (χ2n) is 5.37. The standard InChI is InChI=1S/C16H14N2O2S/c1-11-16-15(18(17-11)12-7-3-2-4-8-12)13-9-5-6-10-14(13)21(16,19)20/h2-10,15-16H,1H3. The first-order chi connectivity index (χ1) is 10.1. The van der Waals surface area contributed by atoms with Crippen LogP contribution in [0.25, 0.3) is 0 Å². The highest BCUT2D eigenvalue weighted by Crippen LogP contribution is 2.47. The molecule has 2 atom stereocenters. The van der Waals surface area contributed by atoms with Crippen LogP contribution in [0.4, 0.5) is 5.69 Å². The molecule has 2 aromatic rings. The Labute approximate surface area is 123 Å². The molecule has 2 heterocycles. The van der Waals surface area contributed by atoms with E-state index in [-0.39, 0.29) is 6.04 Å². The highest BCUT2D eigenvalue weighted by molar-refractivity contribution is 7.93. The van der Waals surface area contributed by atoms with E-state index in [4.69, 9.17) is 0 Å². The van der Waals surface area contributed by atoms with E-state index in [2.05, 4.69) is 5.10 Å². The van der Waals surface area contributed by atoms with Gasteiger partial charge in [-0.2, -0.15) is 5.10 Å². The Bertz CT molecular complexity index is 844. The summed E-state index contributed by atoms with van der Waals surface area (Å²) in [5.74, 6) is 0. The Morgan fingerprint density at radius 1 is 1.00 bits per heavy atom. The molecule has 21 heavy (non-hydrogen) atoms. The SMILES string of the molecule is CC1=NN(c2ccccc2)C2c3ccccc3S(=O)(=O)C12. The highest BCUT2D eigenvalue weighted by atomic mass is 32.2. The Morgan fingerprint density at radius 3 is 2.43 bits per heavy atom. The fourth-order valence-electron chi connectivity index (χ4n) is 3.25. The topological polar surface area (TPSA) is 49.7 Å². The molecule has 2 aliphatic rings. The van der Waals surface area contributed by atoms with E-state index < -0.39 is 15.1 Å². The maximum Gasteiger partial charge on any atom is 0.189 e. The molecule has 0 aliphatic carbocycles. The minimum Gasteiger partial charge on any atom is -0.256 e. The molecule has 0 bridgehead atoms. The van der Waals surface area contributed by atoms with E-state index in [1.54, 1.807) is 19.1 Å². The van der Waals surface area contributed by atoms with Crippen LogP contribution in [0, 0.1) is 0 Å². The van der Waals surface area contributed by atoms with Crippen molar-refractivity contribution in [1.82, 2.24) is 0 Å². The van der Waals surface area contributed by atoms with Crippen LogP contribution in [0.15, 0.2) is 64.6 Å². The van der Waals surface area contributed by atoms with Crippen LogP contribution in [-0.4, -0.2) is 19.4 Å². The summed E-state index contributed by atoms with van der Waals surface area (Å²) in [6.07, 6.45) is 0. The third-order valence-corrected chi connectivity index (χ3v) is 6.38. The van der Waals surface area contributed by atoms with E-state index in [1.807, 2.05) is 47.5 Å². The van der Waals surface area contributed by atoms with Gasteiger partial charge in [0.1, 0.15) is 11.3 Å². The van der Waals surface area contributed by atoms with E-state index in [0.29, 0.717) is 10.6 Å². The average Bonchev–Trinajstić information content (AvgIpc) is 2.96. The fourth-order valence-corrected chi connectivity index (χ4v) is 5.41. The summed E-state index contributed by atoms with van der Waals surface area (Å²) >= 11 is 0. The van der Waals surface area contributed by atoms with Gasteiger partial charge in [0.15, 0.2) is 9.84 Å². The monoisotopic (exact) mass is 298 g/mol. The van der Waals surface area contributed by atoms with Gasteiger partial charge in [-0.3, -0.25) is 5.01 Å². The van der Waals surface area contributed by atoms with Crippen LogP contribution in [-0.2, 0) is 9.84 Å². The van der Waals surface area contributed by atoms with Gasteiger partial charge < -0.3 is 0 Å². The van der Waals surface area contributed by atoms with Gasteiger partial charge in [-0.15, -0.1) is 0 Å². The van der Waals surface area contributed by atoms with Crippen LogP contribution in [0.1, 0.15) is 18.5 Å². The van der Waals surface area contributed by atoms with Crippen LogP contribution in [0.3, 0.4) is 0 Å². The molecule has 2 aliphatic heterocycles. The van der Waals surface area contributed by atoms with Crippen molar-refractivity contribution in [2.24, 2.45) is 5.10 Å². The molecule has 4 rings (SSSR count). The van der Waals surface area contributed by atoms with Gasteiger partial charge in [-0.05, 0) is 30.7 Å². The summed E-state index contributed by atoms with van der Waals surface area (Å²) < 4.78 is 25.5. The molecule has 0 N–H and O–H groups in total. The summed E-state index contributed by atoms with van der Waals surface area (Å²) in [4.78, 5) is 0.440. The maximum atomic E-state index is 12.7. The van der Waals surface area contributed by atoms with Gasteiger partial charge in [0.2, 0.25) is 0 Å². The van der Waals surface area contributed by atoms with Crippen molar-refractivity contribution in [2.45, 2.75) is 23.1 Å². The molecule has 0 aromatic heterocycles. The summed E-state index contributed by atoms with van der Waals surface area (Å²) in [7, 11) is -3.35. The molecule has 0 saturated carbocycles. The van der Waals surface area contributed by atoms with Crippen LogP contribution >= 0.6 is 0 Å². The van der Waals surface area contributed by atoms with Crippen LogP contribution in [0.5, 0.6) is 0 Å². The Morgan fingerprint density at radius 2 is 1.67 bits per heavy atom. The number of sulfone groups is 1. The van der Waals surface area contributed by atoms with Crippen LogP contribution < -0.4 is 5.01 Å². The second-order valence-corrected chi connectivity index (χ2v) is 7.41. The largest absolute Gasteiger partial charge is 0.256 e. The first-order valence-electron chi connectivity index (χ1n) is 6.83. The number of anilines is 1. The number of hydrazone groups is 1. The second kappa shape index (κ2) is 4.18. The minimum atomic E-state index is -3.35. The molecule has 106 valence electrons. The van der Waals surface area contributed by atoms with Crippen molar-refractivity contribution in [3.63, 3.8) is 0 Å².